The average molecular weight is 387 g/mol. The summed E-state index contributed by atoms with van der Waals surface area (Å²) in [6.45, 7) is 6.81. The van der Waals surface area contributed by atoms with E-state index in [0.29, 0.717) is 12.6 Å². The highest BCUT2D eigenvalue weighted by molar-refractivity contribution is 7.09. The van der Waals surface area contributed by atoms with E-state index >= 15 is 0 Å². The average Bonchev–Trinajstić information content (AvgIpc) is 3.41. The Morgan fingerprint density at radius 3 is 2.59 bits per heavy atom. The molecule has 1 unspecified atom stereocenters. The number of hydrogen-bond donors (Lipinski definition) is 2. The van der Waals surface area contributed by atoms with Crippen molar-refractivity contribution in [3.63, 3.8) is 0 Å². The summed E-state index contributed by atoms with van der Waals surface area (Å²) >= 11 is 1.75. The van der Waals surface area contributed by atoms with Gasteiger partial charge in [-0.15, -0.1) is 11.3 Å². The number of guanidine groups is 1. The lowest BCUT2D eigenvalue weighted by Gasteiger charge is -2.29. The molecule has 1 saturated heterocycles. The van der Waals surface area contributed by atoms with Gasteiger partial charge in [-0.3, -0.25) is 4.90 Å². The van der Waals surface area contributed by atoms with Crippen molar-refractivity contribution < 1.29 is 4.74 Å². The third kappa shape index (κ3) is 5.71. The van der Waals surface area contributed by atoms with Gasteiger partial charge in [0.05, 0.1) is 19.7 Å². The molecule has 2 heterocycles. The Morgan fingerprint density at radius 2 is 1.96 bits per heavy atom. The Labute approximate surface area is 166 Å². The van der Waals surface area contributed by atoms with Crippen LogP contribution in [0.5, 0.6) is 5.75 Å². The molecule has 1 aromatic carbocycles. The molecule has 0 amide bonds. The van der Waals surface area contributed by atoms with E-state index in [1.165, 1.54) is 23.3 Å². The Bertz CT molecular complexity index is 693. The molecule has 0 spiro atoms. The molecule has 5 nitrogen and oxygen atoms in total. The monoisotopic (exact) mass is 386 g/mol. The molecule has 1 aliphatic rings. The van der Waals surface area contributed by atoms with Gasteiger partial charge < -0.3 is 15.4 Å². The van der Waals surface area contributed by atoms with Crippen molar-refractivity contribution in [2.45, 2.75) is 32.4 Å². The molecule has 1 aromatic heterocycles. The van der Waals surface area contributed by atoms with Gasteiger partial charge in [0, 0.05) is 18.0 Å². The molecule has 0 saturated carbocycles. The van der Waals surface area contributed by atoms with Crippen LogP contribution in [0.3, 0.4) is 0 Å². The van der Waals surface area contributed by atoms with E-state index in [-0.39, 0.29) is 0 Å². The summed E-state index contributed by atoms with van der Waals surface area (Å²) in [5.41, 5.74) is 1.32. The van der Waals surface area contributed by atoms with Crippen LogP contribution in [-0.2, 0) is 6.54 Å². The first-order valence-corrected chi connectivity index (χ1v) is 10.6. The number of ether oxygens (including phenoxy) is 1. The SMILES string of the molecule is CCNC(=NCc1cccs1)NCC(c1ccc(OC)cc1)N1CCCC1. The lowest BCUT2D eigenvalue weighted by Crippen LogP contribution is -2.42. The second kappa shape index (κ2) is 10.3. The lowest BCUT2D eigenvalue weighted by atomic mass is 10.1. The summed E-state index contributed by atoms with van der Waals surface area (Å²) in [4.78, 5) is 8.59. The maximum atomic E-state index is 5.31. The zero-order valence-corrected chi connectivity index (χ0v) is 17.1. The summed E-state index contributed by atoms with van der Waals surface area (Å²) in [5.74, 6) is 1.78. The van der Waals surface area contributed by atoms with Crippen LogP contribution in [0.25, 0.3) is 0 Å². The van der Waals surface area contributed by atoms with Crippen molar-refractivity contribution in [1.82, 2.24) is 15.5 Å². The number of likely N-dealkylation sites (tertiary alicyclic amines) is 1. The molecular weight excluding hydrogens is 356 g/mol. The van der Waals surface area contributed by atoms with Crippen molar-refractivity contribution in [2.24, 2.45) is 4.99 Å². The number of methoxy groups -OCH3 is 1. The van der Waals surface area contributed by atoms with Crippen LogP contribution < -0.4 is 15.4 Å². The summed E-state index contributed by atoms with van der Waals surface area (Å²) in [6.07, 6.45) is 2.55. The molecule has 2 aromatic rings. The van der Waals surface area contributed by atoms with E-state index in [2.05, 4.69) is 64.2 Å². The Kier molecular flexibility index (Phi) is 7.54. The summed E-state index contributed by atoms with van der Waals surface area (Å²) < 4.78 is 5.31. The van der Waals surface area contributed by atoms with Crippen molar-refractivity contribution in [3.8, 4) is 5.75 Å². The molecule has 6 heteroatoms. The largest absolute Gasteiger partial charge is 0.497 e. The van der Waals surface area contributed by atoms with Gasteiger partial charge in [-0.2, -0.15) is 0 Å². The molecule has 0 aliphatic carbocycles. The summed E-state index contributed by atoms with van der Waals surface area (Å²) in [6, 6.07) is 13.0. The fraction of sp³-hybridized carbons (Fsp3) is 0.476. The van der Waals surface area contributed by atoms with Crippen molar-refractivity contribution in [3.05, 3.63) is 52.2 Å². The highest BCUT2D eigenvalue weighted by atomic mass is 32.1. The van der Waals surface area contributed by atoms with Crippen LogP contribution in [0.15, 0.2) is 46.8 Å². The molecule has 1 fully saturated rings. The number of thiophene rings is 1. The third-order valence-corrected chi connectivity index (χ3v) is 5.72. The van der Waals surface area contributed by atoms with E-state index in [9.17, 15) is 0 Å². The Morgan fingerprint density at radius 1 is 1.19 bits per heavy atom. The van der Waals surface area contributed by atoms with Crippen LogP contribution in [0.1, 0.15) is 36.2 Å². The first kappa shape index (κ1) is 19.7. The number of hydrogen-bond acceptors (Lipinski definition) is 4. The maximum absolute atomic E-state index is 5.31. The van der Waals surface area contributed by atoms with Crippen molar-refractivity contribution >= 4 is 17.3 Å². The van der Waals surface area contributed by atoms with Gasteiger partial charge in [-0.25, -0.2) is 4.99 Å². The topological polar surface area (TPSA) is 48.9 Å². The minimum atomic E-state index is 0.337. The van der Waals surface area contributed by atoms with E-state index in [1.807, 2.05) is 0 Å². The summed E-state index contributed by atoms with van der Waals surface area (Å²) in [5, 5.41) is 9.02. The lowest BCUT2D eigenvalue weighted by molar-refractivity contribution is 0.245. The molecule has 3 rings (SSSR count). The smallest absolute Gasteiger partial charge is 0.191 e. The number of rotatable bonds is 8. The van der Waals surface area contributed by atoms with Crippen molar-refractivity contribution in [2.75, 3.05) is 33.3 Å². The van der Waals surface area contributed by atoms with Gasteiger partial charge in [0.15, 0.2) is 5.96 Å². The van der Waals surface area contributed by atoms with Crippen LogP contribution in [0.4, 0.5) is 0 Å². The van der Waals surface area contributed by atoms with E-state index in [4.69, 9.17) is 9.73 Å². The second-order valence-corrected chi connectivity index (χ2v) is 7.72. The molecule has 1 aliphatic heterocycles. The standard InChI is InChI=1S/C21H30N4OS/c1-3-22-21(23-15-19-7-6-14-27-19)24-16-20(25-12-4-5-13-25)17-8-10-18(26-2)11-9-17/h6-11,14,20H,3-5,12-13,15-16H2,1-2H3,(H2,22,23,24). The molecule has 0 bridgehead atoms. The fourth-order valence-corrected chi connectivity index (χ4v) is 4.06. The van der Waals surface area contributed by atoms with E-state index in [1.54, 1.807) is 18.4 Å². The van der Waals surface area contributed by atoms with E-state index in [0.717, 1.165) is 37.9 Å². The highest BCUT2D eigenvalue weighted by Gasteiger charge is 2.23. The second-order valence-electron chi connectivity index (χ2n) is 6.69. The quantitative estimate of drug-likeness (QED) is 0.537. The van der Waals surface area contributed by atoms with Crippen LogP contribution >= 0.6 is 11.3 Å². The van der Waals surface area contributed by atoms with Gasteiger partial charge in [0.1, 0.15) is 5.75 Å². The molecule has 1 atom stereocenters. The van der Waals surface area contributed by atoms with Gasteiger partial charge in [-0.1, -0.05) is 18.2 Å². The predicted molar refractivity (Wildman–Crippen MR) is 114 cm³/mol. The molecule has 0 radical (unpaired) electrons. The zero-order chi connectivity index (χ0) is 18.9. The van der Waals surface area contributed by atoms with Gasteiger partial charge in [-0.05, 0) is 62.0 Å². The Hall–Kier alpha value is -2.05. The first-order chi connectivity index (χ1) is 13.3. The fourth-order valence-electron chi connectivity index (χ4n) is 3.43. The van der Waals surface area contributed by atoms with Crippen molar-refractivity contribution in [1.29, 1.82) is 0 Å². The number of benzene rings is 1. The van der Waals surface area contributed by atoms with Gasteiger partial charge >= 0.3 is 0 Å². The number of nitrogens with zero attached hydrogens (tertiary/aromatic N) is 2. The molecule has 2 N–H and O–H groups in total. The minimum absolute atomic E-state index is 0.337. The molecule has 27 heavy (non-hydrogen) atoms. The first-order valence-electron chi connectivity index (χ1n) is 9.72. The number of aliphatic imine (C=N–C) groups is 1. The Balaban J connectivity index is 1.68. The minimum Gasteiger partial charge on any atom is -0.497 e. The number of nitrogens with one attached hydrogen (secondary N) is 2. The van der Waals surface area contributed by atoms with Gasteiger partial charge in [0.2, 0.25) is 0 Å². The van der Waals surface area contributed by atoms with Crippen LogP contribution in [0, 0.1) is 0 Å². The zero-order valence-electron chi connectivity index (χ0n) is 16.3. The van der Waals surface area contributed by atoms with E-state index < -0.39 is 0 Å². The van der Waals surface area contributed by atoms with Crippen LogP contribution in [-0.4, -0.2) is 44.1 Å². The third-order valence-electron chi connectivity index (χ3n) is 4.86. The normalized spacial score (nSPS) is 16.3. The maximum Gasteiger partial charge on any atom is 0.191 e. The molecular formula is C21H30N4OS. The summed E-state index contributed by atoms with van der Waals surface area (Å²) in [7, 11) is 1.71. The molecule has 146 valence electrons. The van der Waals surface area contributed by atoms with Crippen LogP contribution in [0.2, 0.25) is 0 Å². The highest BCUT2D eigenvalue weighted by Crippen LogP contribution is 2.26. The van der Waals surface area contributed by atoms with Gasteiger partial charge in [0.25, 0.3) is 0 Å². The predicted octanol–water partition coefficient (Wildman–Crippen LogP) is 3.65.